The van der Waals surface area contributed by atoms with E-state index in [4.69, 9.17) is 5.26 Å². The van der Waals surface area contributed by atoms with Crippen molar-refractivity contribution in [2.75, 3.05) is 13.1 Å². The van der Waals surface area contributed by atoms with E-state index in [2.05, 4.69) is 21.7 Å². The molecular weight excluding hydrogens is 320 g/mol. The standard InChI is InChI=1S/C18H22N4OS/c1-3-20-17(21-11-15-6-4-14(10-19)5-7-15)22-13-18(2,23)16-8-9-24-12-16/h4-9,12,23H,3,11,13H2,1-2H3,(H2,20,21,22). The van der Waals surface area contributed by atoms with Gasteiger partial charge in [-0.05, 0) is 53.9 Å². The zero-order valence-corrected chi connectivity index (χ0v) is 14.7. The van der Waals surface area contributed by atoms with E-state index in [-0.39, 0.29) is 0 Å². The van der Waals surface area contributed by atoms with Gasteiger partial charge in [0.1, 0.15) is 5.60 Å². The average molecular weight is 342 g/mol. The van der Waals surface area contributed by atoms with Gasteiger partial charge in [0.15, 0.2) is 5.96 Å². The molecular formula is C18H22N4OS. The molecule has 0 radical (unpaired) electrons. The van der Waals surface area contributed by atoms with E-state index in [1.807, 2.05) is 35.9 Å². The first-order chi connectivity index (χ1) is 11.5. The van der Waals surface area contributed by atoms with Gasteiger partial charge < -0.3 is 15.7 Å². The van der Waals surface area contributed by atoms with Crippen LogP contribution in [0.5, 0.6) is 0 Å². The molecule has 0 aliphatic heterocycles. The van der Waals surface area contributed by atoms with E-state index in [9.17, 15) is 5.11 Å². The Labute approximate surface area is 146 Å². The van der Waals surface area contributed by atoms with Crippen molar-refractivity contribution in [3.63, 3.8) is 0 Å². The Kier molecular flexibility index (Phi) is 6.36. The number of hydrogen-bond acceptors (Lipinski definition) is 4. The average Bonchev–Trinajstić information content (AvgIpc) is 3.13. The Morgan fingerprint density at radius 2 is 2.04 bits per heavy atom. The van der Waals surface area contributed by atoms with Crippen LogP contribution in [0.15, 0.2) is 46.1 Å². The Morgan fingerprint density at radius 1 is 1.29 bits per heavy atom. The SMILES string of the molecule is CCNC(=NCc1ccc(C#N)cc1)NCC(C)(O)c1ccsc1. The number of nitrogens with one attached hydrogen (secondary N) is 2. The summed E-state index contributed by atoms with van der Waals surface area (Å²) in [5.41, 5.74) is 1.60. The Morgan fingerprint density at radius 3 is 2.62 bits per heavy atom. The number of aliphatic imine (C=N–C) groups is 1. The fraction of sp³-hybridized carbons (Fsp3) is 0.333. The molecule has 0 bridgehead atoms. The number of aliphatic hydroxyl groups is 1. The van der Waals surface area contributed by atoms with E-state index in [1.54, 1.807) is 30.4 Å². The lowest BCUT2D eigenvalue weighted by atomic mass is 9.99. The molecule has 0 amide bonds. The van der Waals surface area contributed by atoms with Gasteiger partial charge >= 0.3 is 0 Å². The van der Waals surface area contributed by atoms with E-state index >= 15 is 0 Å². The Balaban J connectivity index is 1.98. The summed E-state index contributed by atoms with van der Waals surface area (Å²) in [6.07, 6.45) is 0. The number of benzene rings is 1. The molecule has 0 fully saturated rings. The van der Waals surface area contributed by atoms with Gasteiger partial charge in [-0.1, -0.05) is 12.1 Å². The summed E-state index contributed by atoms with van der Waals surface area (Å²) in [7, 11) is 0. The van der Waals surface area contributed by atoms with Gasteiger partial charge in [0, 0.05) is 6.54 Å². The molecule has 2 aromatic rings. The lowest BCUT2D eigenvalue weighted by Crippen LogP contribution is -2.44. The lowest BCUT2D eigenvalue weighted by molar-refractivity contribution is 0.0621. The number of nitrogens with zero attached hydrogens (tertiary/aromatic N) is 2. The second-order valence-corrected chi connectivity index (χ2v) is 6.42. The lowest BCUT2D eigenvalue weighted by Gasteiger charge is -2.24. The van der Waals surface area contributed by atoms with Gasteiger partial charge in [-0.25, -0.2) is 4.99 Å². The van der Waals surface area contributed by atoms with Crippen LogP contribution < -0.4 is 10.6 Å². The fourth-order valence-corrected chi connectivity index (χ4v) is 2.91. The van der Waals surface area contributed by atoms with E-state index < -0.39 is 5.60 Å². The van der Waals surface area contributed by atoms with Gasteiger partial charge in [0.25, 0.3) is 0 Å². The van der Waals surface area contributed by atoms with Crippen LogP contribution in [-0.4, -0.2) is 24.2 Å². The minimum absolute atomic E-state index is 0.364. The highest BCUT2D eigenvalue weighted by Crippen LogP contribution is 2.21. The molecule has 1 unspecified atom stereocenters. The molecule has 1 heterocycles. The van der Waals surface area contributed by atoms with Crippen molar-refractivity contribution in [1.29, 1.82) is 5.26 Å². The van der Waals surface area contributed by atoms with Crippen molar-refractivity contribution in [2.24, 2.45) is 4.99 Å². The topological polar surface area (TPSA) is 80.4 Å². The van der Waals surface area contributed by atoms with E-state index in [0.29, 0.717) is 24.6 Å². The maximum absolute atomic E-state index is 10.6. The molecule has 2 rings (SSSR count). The highest BCUT2D eigenvalue weighted by atomic mass is 32.1. The minimum atomic E-state index is -0.954. The van der Waals surface area contributed by atoms with Crippen molar-refractivity contribution in [1.82, 2.24) is 10.6 Å². The molecule has 0 aliphatic rings. The van der Waals surface area contributed by atoms with Gasteiger partial charge in [-0.3, -0.25) is 0 Å². The summed E-state index contributed by atoms with van der Waals surface area (Å²) in [5, 5.41) is 29.6. The van der Waals surface area contributed by atoms with Gasteiger partial charge in [-0.2, -0.15) is 16.6 Å². The Bertz CT molecular complexity index is 700. The van der Waals surface area contributed by atoms with Crippen LogP contribution in [0.2, 0.25) is 0 Å². The highest BCUT2D eigenvalue weighted by molar-refractivity contribution is 7.08. The predicted octanol–water partition coefficient (Wildman–Crippen LogP) is 2.58. The summed E-state index contributed by atoms with van der Waals surface area (Å²) in [5.74, 6) is 0.650. The minimum Gasteiger partial charge on any atom is -0.384 e. The molecule has 1 atom stereocenters. The fourth-order valence-electron chi connectivity index (χ4n) is 2.13. The zero-order valence-electron chi connectivity index (χ0n) is 13.9. The molecule has 24 heavy (non-hydrogen) atoms. The molecule has 0 saturated carbocycles. The van der Waals surface area contributed by atoms with E-state index in [1.165, 1.54) is 0 Å². The Hall–Kier alpha value is -2.36. The number of thiophene rings is 1. The summed E-state index contributed by atoms with van der Waals surface area (Å²) >= 11 is 1.56. The normalized spacial score (nSPS) is 13.8. The smallest absolute Gasteiger partial charge is 0.191 e. The van der Waals surface area contributed by atoms with Crippen LogP contribution in [0.3, 0.4) is 0 Å². The predicted molar refractivity (Wildman–Crippen MR) is 97.9 cm³/mol. The van der Waals surface area contributed by atoms with Crippen molar-refractivity contribution in [3.8, 4) is 6.07 Å². The van der Waals surface area contributed by atoms with Gasteiger partial charge in [-0.15, -0.1) is 0 Å². The van der Waals surface area contributed by atoms with Crippen LogP contribution in [0.4, 0.5) is 0 Å². The van der Waals surface area contributed by atoms with Gasteiger partial charge in [0.05, 0.1) is 24.7 Å². The molecule has 126 valence electrons. The number of nitriles is 1. The second-order valence-electron chi connectivity index (χ2n) is 5.64. The maximum Gasteiger partial charge on any atom is 0.191 e. The van der Waals surface area contributed by atoms with Crippen molar-refractivity contribution < 1.29 is 5.11 Å². The second kappa shape index (κ2) is 8.48. The van der Waals surface area contributed by atoms with Crippen LogP contribution in [0.1, 0.15) is 30.5 Å². The first-order valence-corrected chi connectivity index (χ1v) is 8.75. The summed E-state index contributed by atoms with van der Waals surface area (Å²) in [4.78, 5) is 4.53. The van der Waals surface area contributed by atoms with Crippen molar-refractivity contribution in [3.05, 3.63) is 57.8 Å². The molecule has 6 heteroatoms. The van der Waals surface area contributed by atoms with Crippen LogP contribution >= 0.6 is 11.3 Å². The van der Waals surface area contributed by atoms with Crippen molar-refractivity contribution in [2.45, 2.75) is 26.0 Å². The molecule has 1 aromatic heterocycles. The van der Waals surface area contributed by atoms with Gasteiger partial charge in [0.2, 0.25) is 0 Å². The highest BCUT2D eigenvalue weighted by Gasteiger charge is 2.23. The zero-order chi connectivity index (χ0) is 17.4. The first kappa shape index (κ1) is 18.0. The molecule has 0 spiro atoms. The van der Waals surface area contributed by atoms with Crippen LogP contribution in [-0.2, 0) is 12.1 Å². The summed E-state index contributed by atoms with van der Waals surface area (Å²) in [6, 6.07) is 11.4. The number of hydrogen-bond donors (Lipinski definition) is 3. The third-order valence-corrected chi connectivity index (χ3v) is 4.27. The van der Waals surface area contributed by atoms with Crippen LogP contribution in [0, 0.1) is 11.3 Å². The maximum atomic E-state index is 10.6. The third kappa shape index (κ3) is 5.08. The van der Waals surface area contributed by atoms with Crippen molar-refractivity contribution >= 4 is 17.3 Å². The molecule has 1 aromatic carbocycles. The molecule has 3 N–H and O–H groups in total. The number of rotatable bonds is 6. The summed E-state index contributed by atoms with van der Waals surface area (Å²) in [6.45, 7) is 5.38. The quantitative estimate of drug-likeness (QED) is 0.557. The molecule has 0 saturated heterocycles. The number of guanidine groups is 1. The molecule has 5 nitrogen and oxygen atoms in total. The monoisotopic (exact) mass is 342 g/mol. The largest absolute Gasteiger partial charge is 0.384 e. The first-order valence-electron chi connectivity index (χ1n) is 7.81. The third-order valence-electron chi connectivity index (χ3n) is 3.59. The van der Waals surface area contributed by atoms with E-state index in [0.717, 1.165) is 17.7 Å². The molecule has 0 aliphatic carbocycles. The summed E-state index contributed by atoms with van der Waals surface area (Å²) < 4.78 is 0. The van der Waals surface area contributed by atoms with Crippen LogP contribution in [0.25, 0.3) is 0 Å².